The van der Waals surface area contributed by atoms with Crippen LogP contribution in [0.5, 0.6) is 0 Å². The van der Waals surface area contributed by atoms with Gasteiger partial charge in [-0.25, -0.2) is 0 Å². The van der Waals surface area contributed by atoms with E-state index >= 15 is 0 Å². The first kappa shape index (κ1) is 12.7. The van der Waals surface area contributed by atoms with Crippen LogP contribution in [-0.4, -0.2) is 29.8 Å². The van der Waals surface area contributed by atoms with Crippen molar-refractivity contribution in [1.82, 2.24) is 4.90 Å². The summed E-state index contributed by atoms with van der Waals surface area (Å²) in [7, 11) is 0. The molecule has 0 aliphatic heterocycles. The maximum Gasteiger partial charge on any atom is 0.132 e. The van der Waals surface area contributed by atoms with Crippen LogP contribution in [0.3, 0.4) is 0 Å². The Balaban J connectivity index is 2.18. The standard InChI is InChI=1S/C13H25NO/c1-3-13(15)10-7-11-14(4-2)12-8-5-6-9-12/h12H,3-11H2,1-2H3. The Morgan fingerprint density at radius 1 is 1.27 bits per heavy atom. The Kier molecular flexibility index (Phi) is 5.92. The highest BCUT2D eigenvalue weighted by atomic mass is 16.1. The average molecular weight is 211 g/mol. The minimum atomic E-state index is 0.414. The summed E-state index contributed by atoms with van der Waals surface area (Å²) in [5.74, 6) is 0.414. The third-order valence-electron chi connectivity index (χ3n) is 3.54. The van der Waals surface area contributed by atoms with Gasteiger partial charge in [-0.2, -0.15) is 0 Å². The molecule has 0 N–H and O–H groups in total. The topological polar surface area (TPSA) is 20.3 Å². The molecule has 2 heteroatoms. The number of hydrogen-bond acceptors (Lipinski definition) is 2. The van der Waals surface area contributed by atoms with E-state index in [1.54, 1.807) is 0 Å². The summed E-state index contributed by atoms with van der Waals surface area (Å²) in [4.78, 5) is 13.7. The molecule has 1 aliphatic carbocycles. The van der Waals surface area contributed by atoms with Crippen molar-refractivity contribution in [1.29, 1.82) is 0 Å². The van der Waals surface area contributed by atoms with Crippen molar-refractivity contribution in [2.45, 2.75) is 64.8 Å². The van der Waals surface area contributed by atoms with Gasteiger partial charge in [0.1, 0.15) is 5.78 Å². The van der Waals surface area contributed by atoms with Crippen LogP contribution in [0.2, 0.25) is 0 Å². The van der Waals surface area contributed by atoms with Gasteiger partial charge in [-0.05, 0) is 32.4 Å². The van der Waals surface area contributed by atoms with E-state index in [1.165, 1.54) is 25.7 Å². The van der Waals surface area contributed by atoms with Crippen molar-refractivity contribution >= 4 is 5.78 Å². The fraction of sp³-hybridized carbons (Fsp3) is 0.923. The van der Waals surface area contributed by atoms with Crippen LogP contribution in [0.4, 0.5) is 0 Å². The maximum absolute atomic E-state index is 11.2. The highest BCUT2D eigenvalue weighted by Gasteiger charge is 2.20. The van der Waals surface area contributed by atoms with E-state index in [1.807, 2.05) is 6.92 Å². The van der Waals surface area contributed by atoms with Crippen LogP contribution in [0.1, 0.15) is 58.8 Å². The van der Waals surface area contributed by atoms with Crippen LogP contribution in [-0.2, 0) is 4.79 Å². The van der Waals surface area contributed by atoms with E-state index in [9.17, 15) is 4.79 Å². The first-order chi connectivity index (χ1) is 7.27. The van der Waals surface area contributed by atoms with E-state index in [0.29, 0.717) is 12.2 Å². The van der Waals surface area contributed by atoms with Gasteiger partial charge in [0.25, 0.3) is 0 Å². The van der Waals surface area contributed by atoms with E-state index in [4.69, 9.17) is 0 Å². The maximum atomic E-state index is 11.2. The summed E-state index contributed by atoms with van der Waals surface area (Å²) < 4.78 is 0. The molecule has 0 amide bonds. The first-order valence-corrected chi connectivity index (χ1v) is 6.53. The molecule has 1 fully saturated rings. The molecule has 0 bridgehead atoms. The van der Waals surface area contributed by atoms with Crippen molar-refractivity contribution in [3.63, 3.8) is 0 Å². The van der Waals surface area contributed by atoms with E-state index in [2.05, 4.69) is 11.8 Å². The normalized spacial score (nSPS) is 17.5. The third-order valence-corrected chi connectivity index (χ3v) is 3.54. The molecule has 2 nitrogen and oxygen atoms in total. The molecular formula is C13H25NO. The minimum absolute atomic E-state index is 0.414. The van der Waals surface area contributed by atoms with Gasteiger partial charge >= 0.3 is 0 Å². The molecule has 0 aromatic carbocycles. The second kappa shape index (κ2) is 7.00. The predicted octanol–water partition coefficient (Wildman–Crippen LogP) is 3.01. The van der Waals surface area contributed by atoms with Gasteiger partial charge in [0, 0.05) is 18.9 Å². The Labute approximate surface area is 94.0 Å². The summed E-state index contributed by atoms with van der Waals surface area (Å²) in [5.41, 5.74) is 0. The van der Waals surface area contributed by atoms with Gasteiger partial charge in [0.2, 0.25) is 0 Å². The number of nitrogens with zero attached hydrogens (tertiary/aromatic N) is 1. The highest BCUT2D eigenvalue weighted by molar-refractivity contribution is 5.77. The Hall–Kier alpha value is -0.370. The van der Waals surface area contributed by atoms with Gasteiger partial charge < -0.3 is 4.90 Å². The zero-order chi connectivity index (χ0) is 11.1. The molecule has 0 heterocycles. The van der Waals surface area contributed by atoms with Crippen molar-refractivity contribution in [2.24, 2.45) is 0 Å². The van der Waals surface area contributed by atoms with E-state index in [0.717, 1.165) is 32.0 Å². The SMILES string of the molecule is CCC(=O)CCCN(CC)C1CCCC1. The summed E-state index contributed by atoms with van der Waals surface area (Å²) >= 11 is 0. The molecule has 0 aromatic heterocycles. The van der Waals surface area contributed by atoms with Gasteiger partial charge in [0.05, 0.1) is 0 Å². The number of carbonyl (C=O) groups is 1. The molecule has 88 valence electrons. The van der Waals surface area contributed by atoms with Crippen LogP contribution in [0.25, 0.3) is 0 Å². The summed E-state index contributed by atoms with van der Waals surface area (Å²) in [6.07, 6.45) is 8.07. The van der Waals surface area contributed by atoms with Crippen molar-refractivity contribution in [3.05, 3.63) is 0 Å². The molecule has 0 unspecified atom stereocenters. The molecule has 1 rings (SSSR count). The lowest BCUT2D eigenvalue weighted by atomic mass is 10.1. The smallest absolute Gasteiger partial charge is 0.132 e. The Morgan fingerprint density at radius 2 is 1.93 bits per heavy atom. The fourth-order valence-corrected chi connectivity index (χ4v) is 2.52. The first-order valence-electron chi connectivity index (χ1n) is 6.53. The third kappa shape index (κ3) is 4.33. The van der Waals surface area contributed by atoms with Crippen LogP contribution in [0.15, 0.2) is 0 Å². The lowest BCUT2D eigenvalue weighted by Gasteiger charge is -2.27. The molecule has 1 saturated carbocycles. The monoisotopic (exact) mass is 211 g/mol. The summed E-state index contributed by atoms with van der Waals surface area (Å²) in [6, 6.07) is 0.812. The average Bonchev–Trinajstić information content (AvgIpc) is 2.77. The minimum Gasteiger partial charge on any atom is -0.301 e. The molecule has 0 spiro atoms. The molecule has 0 saturated heterocycles. The van der Waals surface area contributed by atoms with E-state index in [-0.39, 0.29) is 0 Å². The number of carbonyl (C=O) groups excluding carboxylic acids is 1. The molecule has 0 aromatic rings. The van der Waals surface area contributed by atoms with Crippen LogP contribution in [0, 0.1) is 0 Å². The van der Waals surface area contributed by atoms with Crippen LogP contribution < -0.4 is 0 Å². The van der Waals surface area contributed by atoms with E-state index < -0.39 is 0 Å². The fourth-order valence-electron chi connectivity index (χ4n) is 2.52. The predicted molar refractivity (Wildman–Crippen MR) is 64.0 cm³/mol. The van der Waals surface area contributed by atoms with Gasteiger partial charge in [0.15, 0.2) is 0 Å². The zero-order valence-corrected chi connectivity index (χ0v) is 10.3. The highest BCUT2D eigenvalue weighted by Crippen LogP contribution is 2.23. The van der Waals surface area contributed by atoms with Crippen molar-refractivity contribution in [2.75, 3.05) is 13.1 Å². The van der Waals surface area contributed by atoms with Crippen LogP contribution >= 0.6 is 0 Å². The van der Waals surface area contributed by atoms with Gasteiger partial charge in [-0.1, -0.05) is 26.7 Å². The van der Waals surface area contributed by atoms with Crippen molar-refractivity contribution in [3.8, 4) is 0 Å². The number of hydrogen-bond donors (Lipinski definition) is 0. The number of ketones is 1. The molecular weight excluding hydrogens is 186 g/mol. The molecule has 0 atom stereocenters. The second-order valence-electron chi connectivity index (χ2n) is 4.56. The lowest BCUT2D eigenvalue weighted by molar-refractivity contribution is -0.118. The Bertz CT molecular complexity index is 185. The molecule has 0 radical (unpaired) electrons. The summed E-state index contributed by atoms with van der Waals surface area (Å²) in [6.45, 7) is 6.45. The second-order valence-corrected chi connectivity index (χ2v) is 4.56. The molecule has 15 heavy (non-hydrogen) atoms. The largest absolute Gasteiger partial charge is 0.301 e. The molecule has 1 aliphatic rings. The van der Waals surface area contributed by atoms with Gasteiger partial charge in [-0.3, -0.25) is 4.79 Å². The lowest BCUT2D eigenvalue weighted by Crippen LogP contribution is -2.34. The number of Topliss-reactive ketones (excluding diaryl/α,β-unsaturated/α-hetero) is 1. The van der Waals surface area contributed by atoms with Gasteiger partial charge in [-0.15, -0.1) is 0 Å². The summed E-state index contributed by atoms with van der Waals surface area (Å²) in [5, 5.41) is 0. The number of rotatable bonds is 7. The quantitative estimate of drug-likeness (QED) is 0.645. The Morgan fingerprint density at radius 3 is 2.47 bits per heavy atom. The zero-order valence-electron chi connectivity index (χ0n) is 10.3. The van der Waals surface area contributed by atoms with Crippen molar-refractivity contribution < 1.29 is 4.79 Å².